The molecule has 2 aliphatic heterocycles. The molecule has 2 aliphatic rings. The normalized spacial score (nSPS) is 20.9. The molecule has 1 aromatic heterocycles. The van der Waals surface area contributed by atoms with E-state index in [4.69, 9.17) is 4.42 Å². The number of nitrogens with zero attached hydrogens (tertiary/aromatic N) is 3. The van der Waals surface area contributed by atoms with Gasteiger partial charge in [-0.2, -0.15) is 13.2 Å². The molecule has 2 N–H and O–H groups in total. The summed E-state index contributed by atoms with van der Waals surface area (Å²) in [7, 11) is 0. The van der Waals surface area contributed by atoms with Gasteiger partial charge in [-0.05, 0) is 30.3 Å². The lowest BCUT2D eigenvalue weighted by Gasteiger charge is -2.14. The summed E-state index contributed by atoms with van der Waals surface area (Å²) >= 11 is 2.16. The molecule has 1 aromatic carbocycles. The van der Waals surface area contributed by atoms with E-state index < -0.39 is 28.8 Å². The molecule has 0 saturated carbocycles. The van der Waals surface area contributed by atoms with E-state index in [1.54, 1.807) is 12.1 Å². The van der Waals surface area contributed by atoms with Gasteiger partial charge in [-0.3, -0.25) is 19.3 Å². The number of benzene rings is 1. The minimum absolute atomic E-state index is 0.0306. The molecule has 34 heavy (non-hydrogen) atoms. The third-order valence-corrected chi connectivity index (χ3v) is 6.60. The molecule has 3 amide bonds. The van der Waals surface area contributed by atoms with E-state index in [1.165, 1.54) is 23.3 Å². The smallest absolute Gasteiger partial charge is 0.416 e. The van der Waals surface area contributed by atoms with Gasteiger partial charge in [0.1, 0.15) is 11.0 Å². The standard InChI is InChI=1S/C20H16F3N5O4S2/c21-20(22,23)11-3-1-4-12(7-11)24-15(29)8-14-17(31)28(9-13-5-2-6-32-13)19(34-14)27-26-18-25-16(30)10-33-18/h1-7,14H,8-10H2,(H,24,29)(H,25,26,30)/b27-19+/t14-/m0/s1. The van der Waals surface area contributed by atoms with Crippen molar-refractivity contribution < 1.29 is 32.0 Å². The summed E-state index contributed by atoms with van der Waals surface area (Å²) in [6.07, 6.45) is -3.39. The molecule has 0 radical (unpaired) electrons. The fourth-order valence-electron chi connectivity index (χ4n) is 3.04. The van der Waals surface area contributed by atoms with Crippen LogP contribution in [-0.4, -0.2) is 44.0 Å². The Morgan fingerprint density at radius 3 is 2.74 bits per heavy atom. The highest BCUT2D eigenvalue weighted by molar-refractivity contribution is 8.15. The molecular weight excluding hydrogens is 495 g/mol. The van der Waals surface area contributed by atoms with Crippen molar-refractivity contribution in [2.45, 2.75) is 24.4 Å². The van der Waals surface area contributed by atoms with E-state index in [-0.39, 0.29) is 40.6 Å². The highest BCUT2D eigenvalue weighted by Crippen LogP contribution is 2.33. The largest absolute Gasteiger partial charge is 0.467 e. The molecule has 4 rings (SSSR count). The number of nitrogens with one attached hydrogen (secondary N) is 2. The first kappa shape index (κ1) is 23.9. The number of carbonyl (C=O) groups excluding carboxylic acids is 3. The number of rotatable bonds is 6. The Bertz CT molecular complexity index is 1170. The van der Waals surface area contributed by atoms with Gasteiger partial charge in [-0.25, -0.2) is 0 Å². The lowest BCUT2D eigenvalue weighted by atomic mass is 10.2. The fourth-order valence-corrected chi connectivity index (χ4v) is 4.75. The number of amides is 3. The predicted molar refractivity (Wildman–Crippen MR) is 121 cm³/mol. The Kier molecular flexibility index (Phi) is 6.97. The monoisotopic (exact) mass is 511 g/mol. The number of hydrogen-bond donors (Lipinski definition) is 2. The van der Waals surface area contributed by atoms with Crippen LogP contribution >= 0.6 is 23.5 Å². The molecule has 2 saturated heterocycles. The lowest BCUT2D eigenvalue weighted by Crippen LogP contribution is -2.33. The van der Waals surface area contributed by atoms with Gasteiger partial charge in [-0.1, -0.05) is 29.6 Å². The summed E-state index contributed by atoms with van der Waals surface area (Å²) in [6, 6.07) is 7.56. The average molecular weight is 512 g/mol. The van der Waals surface area contributed by atoms with Crippen LogP contribution in [0.3, 0.4) is 0 Å². The van der Waals surface area contributed by atoms with Gasteiger partial charge < -0.3 is 15.1 Å². The SMILES string of the molecule is O=C1CSC(=N/N=C2/S[C@@H](CC(=O)Nc3cccc(C(F)(F)F)c3)C(=O)N2Cc2ccco2)N1. The Hall–Kier alpha value is -3.26. The Balaban J connectivity index is 1.47. The van der Waals surface area contributed by atoms with Crippen LogP contribution in [0.4, 0.5) is 18.9 Å². The molecule has 178 valence electrons. The number of hydrogen-bond acceptors (Lipinski definition) is 8. The maximum Gasteiger partial charge on any atom is 0.416 e. The van der Waals surface area contributed by atoms with E-state index in [9.17, 15) is 27.6 Å². The van der Waals surface area contributed by atoms with Crippen LogP contribution in [0.1, 0.15) is 17.7 Å². The zero-order valence-corrected chi connectivity index (χ0v) is 18.8. The van der Waals surface area contributed by atoms with Gasteiger partial charge in [0.25, 0.3) is 0 Å². The van der Waals surface area contributed by atoms with Crippen LogP contribution in [0.5, 0.6) is 0 Å². The van der Waals surface area contributed by atoms with Gasteiger partial charge in [0, 0.05) is 12.1 Å². The van der Waals surface area contributed by atoms with Crippen molar-refractivity contribution in [1.82, 2.24) is 10.2 Å². The summed E-state index contributed by atoms with van der Waals surface area (Å²) in [5, 5.41) is 12.6. The number of halogens is 3. The molecule has 14 heteroatoms. The maximum atomic E-state index is 13.0. The van der Waals surface area contributed by atoms with Gasteiger partial charge in [0.2, 0.25) is 17.7 Å². The van der Waals surface area contributed by atoms with Crippen molar-refractivity contribution in [3.63, 3.8) is 0 Å². The van der Waals surface area contributed by atoms with Gasteiger partial charge in [0.05, 0.1) is 24.1 Å². The number of furan rings is 1. The van der Waals surface area contributed by atoms with E-state index in [1.807, 2.05) is 0 Å². The van der Waals surface area contributed by atoms with E-state index in [0.29, 0.717) is 5.76 Å². The predicted octanol–water partition coefficient (Wildman–Crippen LogP) is 3.26. The van der Waals surface area contributed by atoms with E-state index >= 15 is 0 Å². The third-order valence-electron chi connectivity index (χ3n) is 4.57. The summed E-state index contributed by atoms with van der Waals surface area (Å²) in [5.74, 6) is -0.580. The van der Waals surface area contributed by atoms with Crippen molar-refractivity contribution in [1.29, 1.82) is 0 Å². The molecular formula is C20H16F3N5O4S2. The lowest BCUT2D eigenvalue weighted by molar-refractivity contribution is -0.137. The van der Waals surface area contributed by atoms with Crippen molar-refractivity contribution in [3.8, 4) is 0 Å². The highest BCUT2D eigenvalue weighted by Gasteiger charge is 2.40. The molecule has 3 heterocycles. The van der Waals surface area contributed by atoms with E-state index in [2.05, 4.69) is 20.8 Å². The van der Waals surface area contributed by atoms with Crippen LogP contribution in [-0.2, 0) is 27.1 Å². The first-order valence-electron chi connectivity index (χ1n) is 9.75. The minimum atomic E-state index is -4.55. The van der Waals surface area contributed by atoms with Crippen LogP contribution < -0.4 is 10.6 Å². The van der Waals surface area contributed by atoms with Gasteiger partial charge in [-0.15, -0.1) is 10.2 Å². The molecule has 2 aromatic rings. The average Bonchev–Trinajstić information content (AvgIpc) is 3.50. The number of alkyl halides is 3. The van der Waals surface area contributed by atoms with Crippen LogP contribution in [0, 0.1) is 0 Å². The second-order valence-corrected chi connectivity index (χ2v) is 9.20. The number of amidine groups is 2. The zero-order valence-electron chi connectivity index (χ0n) is 17.2. The minimum Gasteiger partial charge on any atom is -0.467 e. The van der Waals surface area contributed by atoms with Crippen LogP contribution in [0.15, 0.2) is 57.3 Å². The fraction of sp³-hybridized carbons (Fsp3) is 0.250. The summed E-state index contributed by atoms with van der Waals surface area (Å²) < 4.78 is 44.0. The summed E-state index contributed by atoms with van der Waals surface area (Å²) in [6.45, 7) is 0.0494. The van der Waals surface area contributed by atoms with Crippen molar-refractivity contribution in [3.05, 3.63) is 54.0 Å². The number of anilines is 1. The maximum absolute atomic E-state index is 13.0. The molecule has 0 unspecified atom stereocenters. The Morgan fingerprint density at radius 1 is 1.24 bits per heavy atom. The second-order valence-electron chi connectivity index (χ2n) is 7.07. The molecule has 9 nitrogen and oxygen atoms in total. The topological polar surface area (TPSA) is 116 Å². The molecule has 2 fully saturated rings. The van der Waals surface area contributed by atoms with Crippen molar-refractivity contribution >= 4 is 57.3 Å². The molecule has 1 atom stereocenters. The van der Waals surface area contributed by atoms with Crippen molar-refractivity contribution in [2.75, 3.05) is 11.1 Å². The summed E-state index contributed by atoms with van der Waals surface area (Å²) in [4.78, 5) is 38.1. The quantitative estimate of drug-likeness (QED) is 0.575. The van der Waals surface area contributed by atoms with Crippen LogP contribution in [0.25, 0.3) is 0 Å². The van der Waals surface area contributed by atoms with Crippen molar-refractivity contribution in [2.24, 2.45) is 10.2 Å². The van der Waals surface area contributed by atoms with Gasteiger partial charge >= 0.3 is 6.18 Å². The first-order chi connectivity index (χ1) is 16.2. The van der Waals surface area contributed by atoms with Crippen LogP contribution in [0.2, 0.25) is 0 Å². The van der Waals surface area contributed by atoms with Gasteiger partial charge in [0.15, 0.2) is 10.3 Å². The zero-order chi connectivity index (χ0) is 24.3. The molecule has 0 bridgehead atoms. The molecule has 0 spiro atoms. The van der Waals surface area contributed by atoms with E-state index in [0.717, 1.165) is 35.7 Å². The second kappa shape index (κ2) is 9.93. The number of carbonyl (C=O) groups is 3. The Morgan fingerprint density at radius 2 is 2.06 bits per heavy atom. The Labute approximate surface area is 199 Å². The third kappa shape index (κ3) is 5.80. The molecule has 0 aliphatic carbocycles. The number of thioether (sulfide) groups is 2. The highest BCUT2D eigenvalue weighted by atomic mass is 32.2. The first-order valence-corrected chi connectivity index (χ1v) is 11.6. The summed E-state index contributed by atoms with van der Waals surface area (Å²) in [5.41, 5.74) is -0.927.